The van der Waals surface area contributed by atoms with Crippen LogP contribution in [0.3, 0.4) is 0 Å². The molecule has 3 heterocycles. The van der Waals surface area contributed by atoms with Gasteiger partial charge in [-0.1, -0.05) is 17.4 Å². The first-order valence-corrected chi connectivity index (χ1v) is 8.59. The molecule has 0 saturated carbocycles. The first-order chi connectivity index (χ1) is 11.7. The molecule has 3 rings (SSSR count). The summed E-state index contributed by atoms with van der Waals surface area (Å²) in [5, 5.41) is 13.6. The van der Waals surface area contributed by atoms with Gasteiger partial charge in [-0.3, -0.25) is 9.78 Å². The lowest BCUT2D eigenvalue weighted by Gasteiger charge is -2.31. The van der Waals surface area contributed by atoms with Crippen LogP contribution in [0, 0.1) is 5.92 Å². The lowest BCUT2D eigenvalue weighted by atomic mass is 9.97. The largest absolute Gasteiger partial charge is 0.334 e. The van der Waals surface area contributed by atoms with Gasteiger partial charge in [-0.05, 0) is 24.5 Å². The summed E-state index contributed by atoms with van der Waals surface area (Å²) in [6.07, 6.45) is 4.97. The first kappa shape index (κ1) is 16.3. The summed E-state index contributed by atoms with van der Waals surface area (Å²) >= 11 is 1.28. The number of nitrogens with zero attached hydrogens (tertiary/aromatic N) is 4. The van der Waals surface area contributed by atoms with Gasteiger partial charge in [-0.2, -0.15) is 0 Å². The molecule has 1 atom stereocenters. The molecule has 1 aliphatic heterocycles. The Balaban J connectivity index is 1.51. The predicted molar refractivity (Wildman–Crippen MR) is 89.3 cm³/mol. The summed E-state index contributed by atoms with van der Waals surface area (Å²) in [4.78, 5) is 30.3. The quantitative estimate of drug-likeness (QED) is 0.874. The summed E-state index contributed by atoms with van der Waals surface area (Å²) in [5.74, 6) is -0.344. The molecule has 0 radical (unpaired) electrons. The van der Waals surface area contributed by atoms with Crippen LogP contribution in [-0.2, 0) is 11.3 Å². The van der Waals surface area contributed by atoms with Crippen molar-refractivity contribution < 1.29 is 9.59 Å². The van der Waals surface area contributed by atoms with Crippen LogP contribution in [0.25, 0.3) is 0 Å². The zero-order chi connectivity index (χ0) is 16.8. The Kier molecular flexibility index (Phi) is 5.32. The van der Waals surface area contributed by atoms with E-state index in [9.17, 15) is 9.59 Å². The van der Waals surface area contributed by atoms with E-state index in [4.69, 9.17) is 0 Å². The van der Waals surface area contributed by atoms with Crippen LogP contribution < -0.4 is 10.6 Å². The fourth-order valence-electron chi connectivity index (χ4n) is 2.60. The van der Waals surface area contributed by atoms with Gasteiger partial charge in [0.2, 0.25) is 11.0 Å². The van der Waals surface area contributed by atoms with Gasteiger partial charge in [0, 0.05) is 32.0 Å². The fraction of sp³-hybridized carbons (Fsp3) is 0.400. The molecule has 2 aromatic rings. The highest BCUT2D eigenvalue weighted by Crippen LogP contribution is 2.19. The van der Waals surface area contributed by atoms with Crippen molar-refractivity contribution >= 4 is 28.4 Å². The molecule has 1 unspecified atom stereocenters. The molecule has 1 saturated heterocycles. The Morgan fingerprint density at radius 3 is 3.08 bits per heavy atom. The minimum atomic E-state index is -0.230. The molecule has 0 spiro atoms. The molecule has 3 amide bonds. The molecule has 1 fully saturated rings. The smallest absolute Gasteiger partial charge is 0.317 e. The zero-order valence-corrected chi connectivity index (χ0v) is 13.8. The van der Waals surface area contributed by atoms with Crippen molar-refractivity contribution in [1.29, 1.82) is 0 Å². The molecule has 0 aromatic carbocycles. The number of carbonyl (C=O) groups is 2. The highest BCUT2D eigenvalue weighted by atomic mass is 32.1. The van der Waals surface area contributed by atoms with Crippen molar-refractivity contribution in [3.8, 4) is 0 Å². The number of amides is 3. The maximum atomic E-state index is 12.3. The highest BCUT2D eigenvalue weighted by molar-refractivity contribution is 7.13. The molecule has 2 N–H and O–H groups in total. The van der Waals surface area contributed by atoms with Crippen molar-refractivity contribution in [2.45, 2.75) is 19.4 Å². The molecule has 0 bridgehead atoms. The highest BCUT2D eigenvalue weighted by Gasteiger charge is 2.28. The van der Waals surface area contributed by atoms with E-state index in [0.717, 1.165) is 18.4 Å². The van der Waals surface area contributed by atoms with Gasteiger partial charge in [0.25, 0.3) is 0 Å². The number of rotatable bonds is 4. The van der Waals surface area contributed by atoms with Crippen LogP contribution in [0.5, 0.6) is 0 Å². The molecule has 1 aliphatic rings. The van der Waals surface area contributed by atoms with E-state index < -0.39 is 0 Å². The number of urea groups is 1. The molecule has 2 aromatic heterocycles. The fourth-order valence-corrected chi connectivity index (χ4v) is 3.05. The monoisotopic (exact) mass is 346 g/mol. The second-order valence-corrected chi connectivity index (χ2v) is 6.37. The minimum Gasteiger partial charge on any atom is -0.334 e. The normalized spacial score (nSPS) is 17.3. The van der Waals surface area contributed by atoms with Crippen LogP contribution in [0.1, 0.15) is 18.4 Å². The van der Waals surface area contributed by atoms with E-state index >= 15 is 0 Å². The van der Waals surface area contributed by atoms with Gasteiger partial charge in [-0.15, -0.1) is 10.2 Å². The number of carbonyl (C=O) groups excluding carboxylic acids is 2. The Morgan fingerprint density at radius 1 is 1.42 bits per heavy atom. The number of pyridine rings is 1. The summed E-state index contributed by atoms with van der Waals surface area (Å²) in [6.45, 7) is 1.48. The number of nitrogens with one attached hydrogen (secondary N) is 2. The number of hydrogen-bond acceptors (Lipinski definition) is 6. The van der Waals surface area contributed by atoms with Crippen LogP contribution in [0.4, 0.5) is 9.93 Å². The lowest BCUT2D eigenvalue weighted by Crippen LogP contribution is -2.47. The van der Waals surface area contributed by atoms with E-state index in [2.05, 4.69) is 25.8 Å². The second kappa shape index (κ2) is 7.82. The zero-order valence-electron chi connectivity index (χ0n) is 13.0. The summed E-state index contributed by atoms with van der Waals surface area (Å²) in [7, 11) is 0. The third-order valence-electron chi connectivity index (χ3n) is 3.84. The number of likely N-dealkylation sites (tertiary alicyclic amines) is 1. The van der Waals surface area contributed by atoms with Gasteiger partial charge in [-0.25, -0.2) is 4.79 Å². The molecule has 8 nitrogen and oxygen atoms in total. The second-order valence-electron chi connectivity index (χ2n) is 5.54. The molecule has 9 heteroatoms. The molecule has 126 valence electrons. The van der Waals surface area contributed by atoms with Gasteiger partial charge >= 0.3 is 6.03 Å². The van der Waals surface area contributed by atoms with Crippen LogP contribution >= 0.6 is 11.3 Å². The minimum absolute atomic E-state index is 0.114. The Labute approximate surface area is 143 Å². The van der Waals surface area contributed by atoms with E-state index in [0.29, 0.717) is 24.8 Å². The van der Waals surface area contributed by atoms with Gasteiger partial charge in [0.05, 0.1) is 5.92 Å². The summed E-state index contributed by atoms with van der Waals surface area (Å²) in [5.41, 5.74) is 2.50. The predicted octanol–water partition coefficient (Wildman–Crippen LogP) is 1.49. The van der Waals surface area contributed by atoms with Gasteiger partial charge in [0.15, 0.2) is 0 Å². The molecular formula is C15H18N6O2S. The Hall–Kier alpha value is -2.55. The van der Waals surface area contributed by atoms with Crippen molar-refractivity contribution in [3.05, 3.63) is 35.6 Å². The SMILES string of the molecule is O=C(Nc1nncs1)C1CCCN(C(=O)NCc2cccnc2)C1. The average molecular weight is 346 g/mol. The van der Waals surface area contributed by atoms with E-state index in [1.54, 1.807) is 22.8 Å². The Bertz CT molecular complexity index is 679. The van der Waals surface area contributed by atoms with Gasteiger partial charge < -0.3 is 15.5 Å². The average Bonchev–Trinajstić information content (AvgIpc) is 3.13. The van der Waals surface area contributed by atoms with Crippen LogP contribution in [0.2, 0.25) is 0 Å². The number of anilines is 1. The molecule has 24 heavy (non-hydrogen) atoms. The topological polar surface area (TPSA) is 100 Å². The first-order valence-electron chi connectivity index (χ1n) is 7.71. The number of hydrogen-bond donors (Lipinski definition) is 2. The third kappa shape index (κ3) is 4.25. The van der Waals surface area contributed by atoms with Gasteiger partial charge in [0.1, 0.15) is 5.51 Å². The van der Waals surface area contributed by atoms with Crippen molar-refractivity contribution in [2.75, 3.05) is 18.4 Å². The maximum Gasteiger partial charge on any atom is 0.317 e. The van der Waals surface area contributed by atoms with Crippen LogP contribution in [-0.4, -0.2) is 45.1 Å². The van der Waals surface area contributed by atoms with E-state index in [1.807, 2.05) is 12.1 Å². The van der Waals surface area contributed by atoms with E-state index in [-0.39, 0.29) is 17.9 Å². The molecule has 0 aliphatic carbocycles. The summed E-state index contributed by atoms with van der Waals surface area (Å²) < 4.78 is 0. The molecular weight excluding hydrogens is 328 g/mol. The van der Waals surface area contributed by atoms with Crippen molar-refractivity contribution in [1.82, 2.24) is 25.4 Å². The standard InChI is InChI=1S/C15H18N6O2S/c22-13(19-14-20-18-10-24-14)12-4-2-6-21(9-12)15(23)17-8-11-3-1-5-16-7-11/h1,3,5,7,10,12H,2,4,6,8-9H2,(H,17,23)(H,19,20,22). The number of piperidine rings is 1. The summed E-state index contributed by atoms with van der Waals surface area (Å²) in [6, 6.07) is 3.57. The number of aromatic nitrogens is 3. The Morgan fingerprint density at radius 2 is 2.33 bits per heavy atom. The van der Waals surface area contributed by atoms with E-state index in [1.165, 1.54) is 11.3 Å². The van der Waals surface area contributed by atoms with Crippen LogP contribution in [0.15, 0.2) is 30.0 Å². The maximum absolute atomic E-state index is 12.3. The van der Waals surface area contributed by atoms with Crippen molar-refractivity contribution in [2.24, 2.45) is 5.92 Å². The van der Waals surface area contributed by atoms with Crippen molar-refractivity contribution in [3.63, 3.8) is 0 Å². The lowest BCUT2D eigenvalue weighted by molar-refractivity contribution is -0.121. The third-order valence-corrected chi connectivity index (χ3v) is 4.44.